The minimum absolute atomic E-state index is 0.0758. The van der Waals surface area contributed by atoms with Crippen LogP contribution in [0, 0.1) is 0 Å². The van der Waals surface area contributed by atoms with Gasteiger partial charge in [0.25, 0.3) is 0 Å². The van der Waals surface area contributed by atoms with Gasteiger partial charge in [-0.2, -0.15) is 0 Å². The molecule has 1 fully saturated rings. The molecule has 1 atom stereocenters. The number of likely N-dealkylation sites (tertiary alicyclic amines) is 1. The van der Waals surface area contributed by atoms with Gasteiger partial charge in [0.2, 0.25) is 5.91 Å². The fraction of sp³-hybridized carbons (Fsp3) is 0.261. The molecule has 4 aromatic rings. The van der Waals surface area contributed by atoms with Gasteiger partial charge in [0.05, 0.1) is 29.1 Å². The molecule has 0 N–H and O–H groups in total. The van der Waals surface area contributed by atoms with E-state index in [1.165, 1.54) is 16.5 Å². The molecule has 2 aromatic heterocycles. The van der Waals surface area contributed by atoms with Gasteiger partial charge in [0.1, 0.15) is 10.8 Å². The standard InChI is InChI=1S/C23H22N4O2S2/c1-29-17-10-8-16(9-11-17)26-14-12-24-23(26)30-15-21(28)27-13-4-6-19(27)22-25-18-5-2-3-7-20(18)31-22/h2-3,5,7-12,14,19H,4,6,13,15H2,1H3/t19-/m0/s1. The van der Waals surface area contributed by atoms with Crippen LogP contribution >= 0.6 is 23.1 Å². The van der Waals surface area contributed by atoms with Gasteiger partial charge < -0.3 is 9.64 Å². The highest BCUT2D eigenvalue weighted by Crippen LogP contribution is 2.37. The van der Waals surface area contributed by atoms with Crippen molar-refractivity contribution in [1.29, 1.82) is 0 Å². The van der Waals surface area contributed by atoms with Crippen LogP contribution < -0.4 is 4.74 Å². The van der Waals surface area contributed by atoms with Crippen molar-refractivity contribution in [3.8, 4) is 11.4 Å². The van der Waals surface area contributed by atoms with Crippen LogP contribution in [0.2, 0.25) is 0 Å². The monoisotopic (exact) mass is 450 g/mol. The largest absolute Gasteiger partial charge is 0.497 e. The number of thioether (sulfide) groups is 1. The summed E-state index contributed by atoms with van der Waals surface area (Å²) in [5, 5.41) is 1.84. The SMILES string of the molecule is COc1ccc(-n2ccnc2SCC(=O)N2CCC[C@H]2c2nc3ccccc3s2)cc1. The number of methoxy groups -OCH3 is 1. The number of benzene rings is 2. The van der Waals surface area contributed by atoms with Crippen molar-refractivity contribution < 1.29 is 9.53 Å². The number of amides is 1. The summed E-state index contributed by atoms with van der Waals surface area (Å²) in [6.07, 6.45) is 5.65. The predicted octanol–water partition coefficient (Wildman–Crippen LogP) is 4.95. The summed E-state index contributed by atoms with van der Waals surface area (Å²) in [6, 6.07) is 16.0. The Balaban J connectivity index is 1.29. The van der Waals surface area contributed by atoms with Crippen molar-refractivity contribution in [3.05, 3.63) is 65.9 Å². The van der Waals surface area contributed by atoms with E-state index in [1.54, 1.807) is 24.6 Å². The predicted molar refractivity (Wildman–Crippen MR) is 124 cm³/mol. The summed E-state index contributed by atoms with van der Waals surface area (Å²) >= 11 is 3.16. The first kappa shape index (κ1) is 20.1. The lowest BCUT2D eigenvalue weighted by Crippen LogP contribution is -2.32. The normalized spacial score (nSPS) is 16.2. The van der Waals surface area contributed by atoms with Gasteiger partial charge in [-0.25, -0.2) is 9.97 Å². The summed E-state index contributed by atoms with van der Waals surface area (Å²) in [4.78, 5) is 24.3. The molecular formula is C23H22N4O2S2. The number of hydrogen-bond donors (Lipinski definition) is 0. The molecule has 1 saturated heterocycles. The van der Waals surface area contributed by atoms with Gasteiger partial charge in [0.15, 0.2) is 5.16 Å². The van der Waals surface area contributed by atoms with Gasteiger partial charge in [-0.3, -0.25) is 9.36 Å². The van der Waals surface area contributed by atoms with Gasteiger partial charge in [-0.05, 0) is 49.2 Å². The number of thiazole rings is 1. The number of para-hydroxylation sites is 1. The number of fused-ring (bicyclic) bond motifs is 1. The number of imidazole rings is 1. The van der Waals surface area contributed by atoms with E-state index in [-0.39, 0.29) is 11.9 Å². The number of aromatic nitrogens is 3. The summed E-state index contributed by atoms with van der Waals surface area (Å²) in [5.41, 5.74) is 2.00. The molecule has 1 amide bonds. The number of carbonyl (C=O) groups excluding carboxylic acids is 1. The smallest absolute Gasteiger partial charge is 0.233 e. The highest BCUT2D eigenvalue weighted by atomic mass is 32.2. The number of hydrogen-bond acceptors (Lipinski definition) is 6. The van der Waals surface area contributed by atoms with Crippen LogP contribution in [0.25, 0.3) is 15.9 Å². The molecule has 0 bridgehead atoms. The van der Waals surface area contributed by atoms with Crippen LogP contribution in [-0.2, 0) is 4.79 Å². The average Bonchev–Trinajstić information content (AvgIpc) is 3.56. The fourth-order valence-electron chi connectivity index (χ4n) is 3.90. The first-order valence-corrected chi connectivity index (χ1v) is 12.0. The molecule has 0 aliphatic carbocycles. The Morgan fingerprint density at radius 1 is 1.23 bits per heavy atom. The van der Waals surface area contributed by atoms with Crippen LogP contribution in [0.1, 0.15) is 23.9 Å². The molecule has 0 spiro atoms. The van der Waals surface area contributed by atoms with Crippen LogP contribution in [0.15, 0.2) is 66.1 Å². The maximum absolute atomic E-state index is 13.1. The van der Waals surface area contributed by atoms with E-state index in [2.05, 4.69) is 11.1 Å². The van der Waals surface area contributed by atoms with E-state index < -0.39 is 0 Å². The number of ether oxygens (including phenoxy) is 1. The maximum Gasteiger partial charge on any atom is 0.233 e. The lowest BCUT2D eigenvalue weighted by Gasteiger charge is -2.23. The molecule has 6 nitrogen and oxygen atoms in total. The number of carbonyl (C=O) groups is 1. The minimum Gasteiger partial charge on any atom is -0.497 e. The van der Waals surface area contributed by atoms with E-state index >= 15 is 0 Å². The topological polar surface area (TPSA) is 60.3 Å². The second kappa shape index (κ2) is 8.72. The lowest BCUT2D eigenvalue weighted by molar-refractivity contribution is -0.129. The van der Waals surface area contributed by atoms with Crippen molar-refractivity contribution in [2.45, 2.75) is 24.0 Å². The molecule has 1 aliphatic heterocycles. The number of rotatable bonds is 6. The van der Waals surface area contributed by atoms with Crippen molar-refractivity contribution in [1.82, 2.24) is 19.4 Å². The van der Waals surface area contributed by atoms with Crippen LogP contribution in [0.3, 0.4) is 0 Å². The van der Waals surface area contributed by atoms with Gasteiger partial charge >= 0.3 is 0 Å². The zero-order valence-corrected chi connectivity index (χ0v) is 18.7. The molecule has 0 radical (unpaired) electrons. The van der Waals surface area contributed by atoms with Crippen molar-refractivity contribution in [2.75, 3.05) is 19.4 Å². The van der Waals surface area contributed by atoms with E-state index in [0.29, 0.717) is 5.75 Å². The van der Waals surface area contributed by atoms with Crippen LogP contribution in [0.5, 0.6) is 5.75 Å². The molecule has 2 aromatic carbocycles. The summed E-state index contributed by atoms with van der Waals surface area (Å²) in [7, 11) is 1.65. The molecule has 8 heteroatoms. The third kappa shape index (κ3) is 4.05. The van der Waals surface area contributed by atoms with Crippen molar-refractivity contribution in [2.24, 2.45) is 0 Å². The van der Waals surface area contributed by atoms with Crippen LogP contribution in [0.4, 0.5) is 0 Å². The first-order valence-electron chi connectivity index (χ1n) is 10.2. The Morgan fingerprint density at radius 2 is 2.06 bits per heavy atom. The minimum atomic E-state index is 0.0758. The Kier molecular flexibility index (Phi) is 5.65. The van der Waals surface area contributed by atoms with Crippen LogP contribution in [-0.4, -0.2) is 44.7 Å². The second-order valence-corrected chi connectivity index (χ2v) is 9.34. The number of nitrogens with zero attached hydrogens (tertiary/aromatic N) is 4. The maximum atomic E-state index is 13.1. The Bertz CT molecular complexity index is 1170. The Hall–Kier alpha value is -2.84. The highest BCUT2D eigenvalue weighted by molar-refractivity contribution is 7.99. The van der Waals surface area contributed by atoms with E-state index in [1.807, 2.05) is 58.1 Å². The molecule has 1 aliphatic rings. The zero-order chi connectivity index (χ0) is 21.2. The summed E-state index contributed by atoms with van der Waals surface area (Å²) in [5.74, 6) is 1.30. The molecule has 5 rings (SSSR count). The molecule has 158 valence electrons. The van der Waals surface area contributed by atoms with Gasteiger partial charge in [0, 0.05) is 24.6 Å². The van der Waals surface area contributed by atoms with Crippen molar-refractivity contribution in [3.63, 3.8) is 0 Å². The quantitative estimate of drug-likeness (QED) is 0.389. The van der Waals surface area contributed by atoms with E-state index in [4.69, 9.17) is 9.72 Å². The highest BCUT2D eigenvalue weighted by Gasteiger charge is 2.32. The molecule has 31 heavy (non-hydrogen) atoms. The Labute approximate surface area is 188 Å². The molecule has 0 saturated carbocycles. The lowest BCUT2D eigenvalue weighted by atomic mass is 10.2. The molecule has 3 heterocycles. The Morgan fingerprint density at radius 3 is 2.87 bits per heavy atom. The van der Waals surface area contributed by atoms with Crippen molar-refractivity contribution >= 4 is 39.2 Å². The van der Waals surface area contributed by atoms with E-state index in [9.17, 15) is 4.79 Å². The fourth-order valence-corrected chi connectivity index (χ4v) is 5.87. The molecule has 0 unspecified atom stereocenters. The third-order valence-corrected chi connectivity index (χ3v) is 7.54. The second-order valence-electron chi connectivity index (χ2n) is 7.33. The summed E-state index contributed by atoms with van der Waals surface area (Å²) < 4.78 is 8.40. The van der Waals surface area contributed by atoms with E-state index in [0.717, 1.165) is 46.5 Å². The first-order chi connectivity index (χ1) is 15.2. The van der Waals surface area contributed by atoms with Gasteiger partial charge in [-0.15, -0.1) is 11.3 Å². The summed E-state index contributed by atoms with van der Waals surface area (Å²) in [6.45, 7) is 0.785. The third-order valence-electron chi connectivity index (χ3n) is 5.45. The average molecular weight is 451 g/mol. The zero-order valence-electron chi connectivity index (χ0n) is 17.1. The van der Waals surface area contributed by atoms with Gasteiger partial charge in [-0.1, -0.05) is 23.9 Å². The molecular weight excluding hydrogens is 428 g/mol.